The van der Waals surface area contributed by atoms with Crippen molar-refractivity contribution in [2.24, 2.45) is 17.3 Å². The summed E-state index contributed by atoms with van der Waals surface area (Å²) in [6.45, 7) is 6.33. The van der Waals surface area contributed by atoms with Crippen LogP contribution in [0.15, 0.2) is 0 Å². The molecule has 4 heteroatoms. The van der Waals surface area contributed by atoms with E-state index in [9.17, 15) is 4.79 Å². The zero-order chi connectivity index (χ0) is 12.8. The van der Waals surface area contributed by atoms with Crippen molar-refractivity contribution in [3.8, 4) is 0 Å². The second kappa shape index (κ2) is 4.31. The lowest BCUT2D eigenvalue weighted by Gasteiger charge is -2.35. The molecule has 0 aromatic carbocycles. The van der Waals surface area contributed by atoms with Gasteiger partial charge in [0.2, 0.25) is 5.91 Å². The first-order valence-electron chi connectivity index (χ1n) is 6.47. The first-order valence-corrected chi connectivity index (χ1v) is 7.22. The van der Waals surface area contributed by atoms with Crippen molar-refractivity contribution in [1.29, 1.82) is 0 Å². The number of nitrogens with one attached hydrogen (secondary N) is 1. The average Bonchev–Trinajstić information content (AvgIpc) is 2.75. The normalized spacial score (nSPS) is 44.2. The van der Waals surface area contributed by atoms with Crippen LogP contribution in [0.25, 0.3) is 0 Å². The maximum absolute atomic E-state index is 12.2. The van der Waals surface area contributed by atoms with Crippen LogP contribution >= 0.6 is 23.2 Å². The number of halogens is 2. The molecule has 98 valence electrons. The highest BCUT2D eigenvalue weighted by Gasteiger charge is 2.68. The third-order valence-corrected chi connectivity index (χ3v) is 5.88. The lowest BCUT2D eigenvalue weighted by atomic mass is 9.78. The molecule has 0 aliphatic heterocycles. The number of alkyl halides is 2. The molecule has 17 heavy (non-hydrogen) atoms. The van der Waals surface area contributed by atoms with Crippen LogP contribution in [0, 0.1) is 17.3 Å². The third-order valence-electron chi connectivity index (χ3n) is 4.78. The van der Waals surface area contributed by atoms with Gasteiger partial charge in [0, 0.05) is 6.04 Å². The van der Waals surface area contributed by atoms with Gasteiger partial charge in [0.25, 0.3) is 0 Å². The van der Waals surface area contributed by atoms with Gasteiger partial charge in [-0.2, -0.15) is 0 Å². The van der Waals surface area contributed by atoms with Crippen LogP contribution < -0.4 is 5.32 Å². The van der Waals surface area contributed by atoms with E-state index >= 15 is 0 Å². The maximum atomic E-state index is 12.2. The molecule has 2 nitrogen and oxygen atoms in total. The fraction of sp³-hybridized carbons (Fsp3) is 0.923. The molecule has 2 saturated carbocycles. The van der Waals surface area contributed by atoms with Crippen molar-refractivity contribution in [2.75, 3.05) is 0 Å². The summed E-state index contributed by atoms with van der Waals surface area (Å²) in [5.74, 6) is 1.24. The van der Waals surface area contributed by atoms with Gasteiger partial charge in [-0.3, -0.25) is 4.79 Å². The number of carbonyl (C=O) groups is 1. The monoisotopic (exact) mass is 277 g/mol. The molecule has 0 heterocycles. The average molecular weight is 278 g/mol. The van der Waals surface area contributed by atoms with Gasteiger partial charge in [0.05, 0.1) is 5.41 Å². The summed E-state index contributed by atoms with van der Waals surface area (Å²) in [4.78, 5) is 12.2. The van der Waals surface area contributed by atoms with E-state index in [4.69, 9.17) is 23.2 Å². The Morgan fingerprint density at radius 2 is 1.88 bits per heavy atom. The Balaban J connectivity index is 1.95. The Hall–Kier alpha value is 0.0500. The summed E-state index contributed by atoms with van der Waals surface area (Å²) in [6, 6.07) is 0.285. The van der Waals surface area contributed by atoms with E-state index in [1.54, 1.807) is 0 Å². The summed E-state index contributed by atoms with van der Waals surface area (Å²) in [5.41, 5.74) is -0.587. The summed E-state index contributed by atoms with van der Waals surface area (Å²) in [7, 11) is 0. The molecule has 1 amide bonds. The van der Waals surface area contributed by atoms with Crippen LogP contribution in [-0.4, -0.2) is 16.3 Å². The molecule has 0 saturated heterocycles. The van der Waals surface area contributed by atoms with Gasteiger partial charge in [0.15, 0.2) is 0 Å². The minimum absolute atomic E-state index is 0.0217. The number of carbonyl (C=O) groups excluding carboxylic acids is 1. The molecule has 4 atom stereocenters. The molecule has 0 unspecified atom stereocenters. The number of rotatable bonds is 2. The van der Waals surface area contributed by atoms with E-state index < -0.39 is 9.75 Å². The lowest BCUT2D eigenvalue weighted by molar-refractivity contribution is -0.127. The lowest BCUT2D eigenvalue weighted by Crippen LogP contribution is -2.46. The van der Waals surface area contributed by atoms with Crippen molar-refractivity contribution in [3.63, 3.8) is 0 Å². The number of amides is 1. The van der Waals surface area contributed by atoms with Crippen LogP contribution in [0.2, 0.25) is 0 Å². The van der Waals surface area contributed by atoms with Crippen LogP contribution in [0.5, 0.6) is 0 Å². The predicted octanol–water partition coefficient (Wildman–Crippen LogP) is 3.51. The molecular weight excluding hydrogens is 257 g/mol. The second-order valence-electron chi connectivity index (χ2n) is 6.06. The highest BCUT2D eigenvalue weighted by Crippen LogP contribution is 2.63. The predicted molar refractivity (Wildman–Crippen MR) is 71.3 cm³/mol. The van der Waals surface area contributed by atoms with Gasteiger partial charge in [0.1, 0.15) is 4.33 Å². The molecule has 1 N–H and O–H groups in total. The molecule has 0 aromatic heterocycles. The molecule has 2 fully saturated rings. The summed E-state index contributed by atoms with van der Waals surface area (Å²) < 4.78 is -0.861. The maximum Gasteiger partial charge on any atom is 0.229 e. The Morgan fingerprint density at radius 1 is 1.29 bits per heavy atom. The first-order chi connectivity index (χ1) is 7.78. The van der Waals surface area contributed by atoms with Gasteiger partial charge in [-0.1, -0.05) is 26.7 Å². The molecule has 2 aliphatic carbocycles. The van der Waals surface area contributed by atoms with Gasteiger partial charge < -0.3 is 5.32 Å². The van der Waals surface area contributed by atoms with E-state index in [-0.39, 0.29) is 11.9 Å². The smallest absolute Gasteiger partial charge is 0.229 e. The number of hydrogen-bond acceptors (Lipinski definition) is 1. The second-order valence-corrected chi connectivity index (χ2v) is 7.54. The van der Waals surface area contributed by atoms with Crippen LogP contribution in [0.1, 0.15) is 46.5 Å². The molecule has 0 bridgehead atoms. The standard InChI is InChI=1S/C13H21Cl2NO/c1-8-5-4-6-10(9(8)2)16-11(17)12(3)7-13(12,14)15/h8-10H,4-7H2,1-3H3,(H,16,17)/t8-,9+,10+,12+/m1/s1. The SMILES string of the molecule is C[C@H]1[C@H](C)CCC[C@@H]1NC(=O)[C@]1(C)CC1(Cl)Cl. The van der Waals surface area contributed by atoms with Crippen LogP contribution in [0.3, 0.4) is 0 Å². The zero-order valence-electron chi connectivity index (χ0n) is 10.7. The fourth-order valence-corrected chi connectivity index (χ4v) is 3.47. The Bertz CT molecular complexity index is 331. The van der Waals surface area contributed by atoms with Gasteiger partial charge in [-0.05, 0) is 31.6 Å². The molecule has 0 spiro atoms. The summed E-state index contributed by atoms with van der Waals surface area (Å²) in [6.07, 6.45) is 4.09. The van der Waals surface area contributed by atoms with Gasteiger partial charge >= 0.3 is 0 Å². The molecule has 0 radical (unpaired) electrons. The van der Waals surface area contributed by atoms with Crippen LogP contribution in [0.4, 0.5) is 0 Å². The first kappa shape index (κ1) is 13.5. The molecule has 0 aromatic rings. The van der Waals surface area contributed by atoms with E-state index in [2.05, 4.69) is 19.2 Å². The van der Waals surface area contributed by atoms with E-state index in [1.165, 1.54) is 12.8 Å². The molecular formula is C13H21Cl2NO. The van der Waals surface area contributed by atoms with Crippen molar-refractivity contribution >= 4 is 29.1 Å². The minimum atomic E-state index is -0.861. The fourth-order valence-electron chi connectivity index (χ4n) is 2.76. The van der Waals surface area contributed by atoms with Crippen LogP contribution in [-0.2, 0) is 4.79 Å². The zero-order valence-corrected chi connectivity index (χ0v) is 12.2. The topological polar surface area (TPSA) is 29.1 Å². The van der Waals surface area contributed by atoms with E-state index in [0.29, 0.717) is 18.3 Å². The van der Waals surface area contributed by atoms with Gasteiger partial charge in [-0.25, -0.2) is 0 Å². The van der Waals surface area contributed by atoms with Crippen molar-refractivity contribution in [3.05, 3.63) is 0 Å². The summed E-state index contributed by atoms with van der Waals surface area (Å²) >= 11 is 12.1. The molecule has 2 rings (SSSR count). The van der Waals surface area contributed by atoms with Crippen molar-refractivity contribution < 1.29 is 4.79 Å². The number of hydrogen-bond donors (Lipinski definition) is 1. The third kappa shape index (κ3) is 2.31. The van der Waals surface area contributed by atoms with Crippen molar-refractivity contribution in [2.45, 2.75) is 56.8 Å². The Kier molecular flexibility index (Phi) is 3.42. The van der Waals surface area contributed by atoms with Crippen molar-refractivity contribution in [1.82, 2.24) is 5.32 Å². The van der Waals surface area contributed by atoms with E-state index in [0.717, 1.165) is 6.42 Å². The Morgan fingerprint density at radius 3 is 2.41 bits per heavy atom. The Labute approximate surface area is 113 Å². The highest BCUT2D eigenvalue weighted by molar-refractivity contribution is 6.53. The largest absolute Gasteiger partial charge is 0.353 e. The van der Waals surface area contributed by atoms with E-state index in [1.807, 2.05) is 6.92 Å². The highest BCUT2D eigenvalue weighted by atomic mass is 35.5. The van der Waals surface area contributed by atoms with Gasteiger partial charge in [-0.15, -0.1) is 23.2 Å². The molecule has 2 aliphatic rings. The quantitative estimate of drug-likeness (QED) is 0.769. The minimum Gasteiger partial charge on any atom is -0.353 e. The summed E-state index contributed by atoms with van der Waals surface area (Å²) in [5, 5.41) is 3.15.